The van der Waals surface area contributed by atoms with Crippen LogP contribution in [0.4, 0.5) is 0 Å². The van der Waals surface area contributed by atoms with E-state index < -0.39 is 0 Å². The quantitative estimate of drug-likeness (QED) is 0.833. The Morgan fingerprint density at radius 1 is 1.18 bits per heavy atom. The fourth-order valence-electron chi connectivity index (χ4n) is 2.64. The van der Waals surface area contributed by atoms with Gasteiger partial charge in [0.1, 0.15) is 0 Å². The van der Waals surface area contributed by atoms with Gasteiger partial charge in [-0.25, -0.2) is 4.98 Å². The molecule has 7 nitrogen and oxygen atoms in total. The van der Waals surface area contributed by atoms with Crippen LogP contribution in [0, 0.1) is 19.8 Å². The highest BCUT2D eigenvalue weighted by Gasteiger charge is 2.21. The minimum absolute atomic E-state index is 0.557. The third-order valence-corrected chi connectivity index (χ3v) is 3.93. The smallest absolute Gasteiger partial charge is 0.235 e. The highest BCUT2D eigenvalue weighted by atomic mass is 16.5. The normalized spacial score (nSPS) is 16.8. The van der Waals surface area contributed by atoms with Gasteiger partial charge in [0.05, 0.1) is 18.8 Å². The summed E-state index contributed by atoms with van der Waals surface area (Å²) in [5, 5.41) is 7.91. The maximum atomic E-state index is 5.80. The predicted molar refractivity (Wildman–Crippen MR) is 79.3 cm³/mol. The van der Waals surface area contributed by atoms with Gasteiger partial charge in [-0.15, -0.1) is 10.2 Å². The molecule has 0 amide bonds. The van der Waals surface area contributed by atoms with E-state index in [0.717, 1.165) is 38.2 Å². The number of hydrogen-bond acceptors (Lipinski definition) is 7. The number of piperidine rings is 1. The topological polar surface area (TPSA) is 77.2 Å². The van der Waals surface area contributed by atoms with Crippen LogP contribution in [0.25, 0.3) is 0 Å². The zero-order valence-corrected chi connectivity index (χ0v) is 13.0. The molecule has 0 N–H and O–H groups in total. The van der Waals surface area contributed by atoms with E-state index in [9.17, 15) is 0 Å². The van der Waals surface area contributed by atoms with E-state index in [4.69, 9.17) is 9.15 Å². The van der Waals surface area contributed by atoms with Crippen molar-refractivity contribution in [1.29, 1.82) is 0 Å². The summed E-state index contributed by atoms with van der Waals surface area (Å²) < 4.78 is 11.2. The predicted octanol–water partition coefficient (Wildman–Crippen LogP) is 1.77. The Bertz CT molecular complexity index is 607. The van der Waals surface area contributed by atoms with E-state index in [1.54, 1.807) is 12.4 Å². The summed E-state index contributed by atoms with van der Waals surface area (Å²) in [5.41, 5.74) is 0.840. The third-order valence-electron chi connectivity index (χ3n) is 3.93. The molecule has 2 aromatic rings. The van der Waals surface area contributed by atoms with E-state index in [0.29, 0.717) is 30.2 Å². The fraction of sp³-hybridized carbons (Fsp3) is 0.600. The van der Waals surface area contributed by atoms with Crippen molar-refractivity contribution in [2.75, 3.05) is 19.7 Å². The summed E-state index contributed by atoms with van der Waals surface area (Å²) in [6.07, 6.45) is 5.55. The lowest BCUT2D eigenvalue weighted by molar-refractivity contribution is 0.126. The summed E-state index contributed by atoms with van der Waals surface area (Å²) >= 11 is 0. The van der Waals surface area contributed by atoms with E-state index in [1.807, 2.05) is 13.8 Å². The van der Waals surface area contributed by atoms with Gasteiger partial charge in [-0.2, -0.15) is 0 Å². The van der Waals surface area contributed by atoms with E-state index in [1.165, 1.54) is 0 Å². The van der Waals surface area contributed by atoms with Crippen LogP contribution >= 0.6 is 0 Å². The Morgan fingerprint density at radius 3 is 2.64 bits per heavy atom. The molecule has 0 bridgehead atoms. The zero-order valence-electron chi connectivity index (χ0n) is 13.0. The van der Waals surface area contributed by atoms with Crippen LogP contribution in [0.15, 0.2) is 16.8 Å². The van der Waals surface area contributed by atoms with E-state index in [2.05, 4.69) is 25.1 Å². The second-order valence-corrected chi connectivity index (χ2v) is 5.69. The molecule has 1 saturated heterocycles. The van der Waals surface area contributed by atoms with Crippen molar-refractivity contribution in [1.82, 2.24) is 25.1 Å². The number of hydrogen-bond donors (Lipinski definition) is 0. The van der Waals surface area contributed by atoms with Crippen LogP contribution in [0.1, 0.15) is 30.3 Å². The van der Waals surface area contributed by atoms with E-state index >= 15 is 0 Å². The van der Waals surface area contributed by atoms with Crippen molar-refractivity contribution < 1.29 is 9.15 Å². The Balaban J connectivity index is 1.43. The lowest BCUT2D eigenvalue weighted by Crippen LogP contribution is -2.35. The molecule has 7 heteroatoms. The third kappa shape index (κ3) is 3.79. The fourth-order valence-corrected chi connectivity index (χ4v) is 2.64. The van der Waals surface area contributed by atoms with Gasteiger partial charge in [-0.1, -0.05) is 0 Å². The summed E-state index contributed by atoms with van der Waals surface area (Å²) in [6.45, 7) is 7.21. The Morgan fingerprint density at radius 2 is 1.95 bits per heavy atom. The Labute approximate surface area is 129 Å². The molecule has 0 saturated carbocycles. The number of rotatable bonds is 5. The van der Waals surface area contributed by atoms with Crippen LogP contribution in [0.2, 0.25) is 0 Å². The Hall–Kier alpha value is -2.02. The van der Waals surface area contributed by atoms with Gasteiger partial charge in [0, 0.05) is 19.3 Å². The minimum Gasteiger partial charge on any atom is -0.476 e. The summed E-state index contributed by atoms with van der Waals surface area (Å²) in [4.78, 5) is 10.7. The minimum atomic E-state index is 0.557. The van der Waals surface area contributed by atoms with Crippen molar-refractivity contribution >= 4 is 0 Å². The van der Waals surface area contributed by atoms with Crippen LogP contribution in [0.3, 0.4) is 0 Å². The van der Waals surface area contributed by atoms with Gasteiger partial charge in [-0.05, 0) is 38.8 Å². The van der Waals surface area contributed by atoms with Crippen molar-refractivity contribution in [2.24, 2.45) is 5.92 Å². The zero-order chi connectivity index (χ0) is 15.4. The van der Waals surface area contributed by atoms with Crippen LogP contribution in [-0.4, -0.2) is 44.8 Å². The first kappa shape index (κ1) is 14.9. The number of aromatic nitrogens is 4. The molecule has 0 spiro atoms. The summed E-state index contributed by atoms with van der Waals surface area (Å²) in [7, 11) is 0. The largest absolute Gasteiger partial charge is 0.476 e. The molecular formula is C15H21N5O2. The maximum Gasteiger partial charge on any atom is 0.235 e. The first-order valence-electron chi connectivity index (χ1n) is 7.62. The summed E-state index contributed by atoms with van der Waals surface area (Å²) in [5.74, 6) is 2.52. The van der Waals surface area contributed by atoms with Crippen LogP contribution in [-0.2, 0) is 6.54 Å². The Kier molecular flexibility index (Phi) is 4.62. The van der Waals surface area contributed by atoms with Crippen LogP contribution in [0.5, 0.6) is 5.88 Å². The van der Waals surface area contributed by atoms with Crippen molar-refractivity contribution in [3.63, 3.8) is 0 Å². The van der Waals surface area contributed by atoms with Gasteiger partial charge in [0.15, 0.2) is 0 Å². The molecule has 1 aliphatic rings. The van der Waals surface area contributed by atoms with Crippen molar-refractivity contribution in [2.45, 2.75) is 33.2 Å². The first-order chi connectivity index (χ1) is 10.7. The molecule has 0 unspecified atom stereocenters. The van der Waals surface area contributed by atoms with Crippen molar-refractivity contribution in [3.8, 4) is 5.88 Å². The molecule has 1 aliphatic heterocycles. The number of nitrogens with zero attached hydrogens (tertiary/aromatic N) is 5. The molecule has 0 aromatic carbocycles. The summed E-state index contributed by atoms with van der Waals surface area (Å²) in [6, 6.07) is 0. The molecular weight excluding hydrogens is 282 g/mol. The number of aryl methyl sites for hydroxylation is 2. The highest BCUT2D eigenvalue weighted by molar-refractivity contribution is 5.14. The standard InChI is InChI=1S/C15H21N5O2/c1-11-15(17-6-5-16-11)21-10-13-3-7-20(8-4-13)9-14-19-18-12(2)22-14/h5-6,13H,3-4,7-10H2,1-2H3. The molecule has 1 fully saturated rings. The average Bonchev–Trinajstić information content (AvgIpc) is 2.93. The average molecular weight is 303 g/mol. The first-order valence-corrected chi connectivity index (χ1v) is 7.62. The van der Waals surface area contributed by atoms with Crippen molar-refractivity contribution in [3.05, 3.63) is 29.9 Å². The van der Waals surface area contributed by atoms with Gasteiger partial charge in [0.2, 0.25) is 17.7 Å². The number of likely N-dealkylation sites (tertiary alicyclic amines) is 1. The molecule has 22 heavy (non-hydrogen) atoms. The lowest BCUT2D eigenvalue weighted by Gasteiger charge is -2.30. The molecule has 3 rings (SSSR count). The molecule has 3 heterocycles. The van der Waals surface area contributed by atoms with Gasteiger partial charge in [0.25, 0.3) is 0 Å². The van der Waals surface area contributed by atoms with Gasteiger partial charge < -0.3 is 9.15 Å². The molecule has 118 valence electrons. The molecule has 0 atom stereocenters. The highest BCUT2D eigenvalue weighted by Crippen LogP contribution is 2.20. The maximum absolute atomic E-state index is 5.80. The second-order valence-electron chi connectivity index (χ2n) is 5.69. The van der Waals surface area contributed by atoms with Gasteiger partial charge in [-0.3, -0.25) is 9.88 Å². The molecule has 2 aromatic heterocycles. The SMILES string of the molecule is Cc1nnc(CN2CCC(COc3nccnc3C)CC2)o1. The van der Waals surface area contributed by atoms with Crippen LogP contribution < -0.4 is 4.74 Å². The lowest BCUT2D eigenvalue weighted by atomic mass is 9.98. The molecule has 0 radical (unpaired) electrons. The number of ether oxygens (including phenoxy) is 1. The molecule has 0 aliphatic carbocycles. The van der Waals surface area contributed by atoms with Gasteiger partial charge >= 0.3 is 0 Å². The monoisotopic (exact) mass is 303 g/mol. The van der Waals surface area contributed by atoms with E-state index in [-0.39, 0.29) is 0 Å². The second kappa shape index (κ2) is 6.83.